The predicted molar refractivity (Wildman–Crippen MR) is 76.7 cm³/mol. The Balaban J connectivity index is 2.17. The van der Waals surface area contributed by atoms with Crippen LogP contribution in [-0.2, 0) is 6.42 Å². The van der Waals surface area contributed by atoms with Crippen LogP contribution >= 0.6 is 31.9 Å². The van der Waals surface area contributed by atoms with Crippen LogP contribution in [0.1, 0.15) is 17.2 Å². The monoisotopic (exact) mass is 354 g/mol. The van der Waals surface area contributed by atoms with Gasteiger partial charge in [-0.1, -0.05) is 34.1 Å². The molecule has 0 radical (unpaired) electrons. The van der Waals surface area contributed by atoms with Gasteiger partial charge in [0, 0.05) is 27.4 Å². The van der Waals surface area contributed by atoms with Crippen LogP contribution in [-0.4, -0.2) is 4.98 Å². The lowest BCUT2D eigenvalue weighted by Crippen LogP contribution is -2.13. The van der Waals surface area contributed by atoms with Crippen molar-refractivity contribution < 1.29 is 0 Å². The number of halogens is 2. The normalized spacial score (nSPS) is 12.4. The topological polar surface area (TPSA) is 38.9 Å². The van der Waals surface area contributed by atoms with Crippen molar-refractivity contribution in [1.82, 2.24) is 4.98 Å². The van der Waals surface area contributed by atoms with Crippen molar-refractivity contribution in [2.75, 3.05) is 0 Å². The maximum Gasteiger partial charge on any atom is 0.0410 e. The summed E-state index contributed by atoms with van der Waals surface area (Å²) in [4.78, 5) is 4.13. The van der Waals surface area contributed by atoms with Gasteiger partial charge in [-0.3, -0.25) is 4.98 Å². The molecule has 17 heavy (non-hydrogen) atoms. The molecule has 0 saturated carbocycles. The number of aromatic nitrogens is 1. The van der Waals surface area contributed by atoms with Gasteiger partial charge in [0.05, 0.1) is 0 Å². The molecule has 0 aliphatic rings. The number of nitrogens with two attached hydrogens (primary N) is 1. The molecule has 0 spiro atoms. The fourth-order valence-corrected chi connectivity index (χ4v) is 2.48. The van der Waals surface area contributed by atoms with Crippen LogP contribution < -0.4 is 5.73 Å². The van der Waals surface area contributed by atoms with Crippen LogP contribution in [0, 0.1) is 0 Å². The lowest BCUT2D eigenvalue weighted by atomic mass is 10.0. The van der Waals surface area contributed by atoms with Crippen LogP contribution in [0.25, 0.3) is 0 Å². The zero-order chi connectivity index (χ0) is 12.3. The fraction of sp³-hybridized carbons (Fsp3) is 0.154. The quantitative estimate of drug-likeness (QED) is 0.908. The van der Waals surface area contributed by atoms with Crippen molar-refractivity contribution >= 4 is 31.9 Å². The van der Waals surface area contributed by atoms with E-state index in [-0.39, 0.29) is 6.04 Å². The van der Waals surface area contributed by atoms with E-state index in [2.05, 4.69) is 42.9 Å². The average molecular weight is 356 g/mol. The smallest absolute Gasteiger partial charge is 0.0410 e. The zero-order valence-electron chi connectivity index (χ0n) is 9.11. The highest BCUT2D eigenvalue weighted by atomic mass is 79.9. The van der Waals surface area contributed by atoms with Gasteiger partial charge in [-0.25, -0.2) is 0 Å². The summed E-state index contributed by atoms with van der Waals surface area (Å²) in [5.41, 5.74) is 8.43. The van der Waals surface area contributed by atoms with E-state index < -0.39 is 0 Å². The molecule has 2 aromatic rings. The Kier molecular flexibility index (Phi) is 4.31. The summed E-state index contributed by atoms with van der Waals surface area (Å²) in [5, 5.41) is 0. The van der Waals surface area contributed by atoms with Gasteiger partial charge < -0.3 is 5.73 Å². The van der Waals surface area contributed by atoms with E-state index in [9.17, 15) is 0 Å². The van der Waals surface area contributed by atoms with Gasteiger partial charge in [0.25, 0.3) is 0 Å². The summed E-state index contributed by atoms with van der Waals surface area (Å²) in [6, 6.07) is 10.1. The van der Waals surface area contributed by atoms with Gasteiger partial charge in [0.1, 0.15) is 0 Å². The highest BCUT2D eigenvalue weighted by Crippen LogP contribution is 2.23. The number of hydrogen-bond donors (Lipinski definition) is 1. The molecule has 0 aliphatic carbocycles. The first kappa shape index (κ1) is 12.7. The molecule has 88 valence electrons. The van der Waals surface area contributed by atoms with E-state index in [0.717, 1.165) is 20.9 Å². The van der Waals surface area contributed by atoms with Gasteiger partial charge in [-0.15, -0.1) is 0 Å². The summed E-state index contributed by atoms with van der Waals surface area (Å²) < 4.78 is 2.05. The summed E-state index contributed by atoms with van der Waals surface area (Å²) in [6.07, 6.45) is 4.36. The van der Waals surface area contributed by atoms with E-state index in [1.807, 2.05) is 30.5 Å². The average Bonchev–Trinajstić information content (AvgIpc) is 2.32. The highest BCUT2D eigenvalue weighted by molar-refractivity contribution is 9.10. The Morgan fingerprint density at radius 2 is 1.94 bits per heavy atom. The number of nitrogens with zero attached hydrogens (tertiary/aromatic N) is 1. The van der Waals surface area contributed by atoms with E-state index in [1.54, 1.807) is 6.20 Å². The molecule has 1 aromatic carbocycles. The van der Waals surface area contributed by atoms with E-state index in [4.69, 9.17) is 5.73 Å². The Morgan fingerprint density at radius 1 is 1.18 bits per heavy atom. The third-order valence-electron chi connectivity index (χ3n) is 2.55. The minimum Gasteiger partial charge on any atom is -0.324 e. The van der Waals surface area contributed by atoms with Gasteiger partial charge in [-0.05, 0) is 45.6 Å². The molecule has 1 heterocycles. The summed E-state index contributed by atoms with van der Waals surface area (Å²) >= 11 is 6.93. The van der Waals surface area contributed by atoms with Gasteiger partial charge >= 0.3 is 0 Å². The molecule has 0 bridgehead atoms. The van der Waals surface area contributed by atoms with Crippen LogP contribution in [0.5, 0.6) is 0 Å². The molecule has 2 rings (SSSR count). The summed E-state index contributed by atoms with van der Waals surface area (Å²) in [6.45, 7) is 0. The largest absolute Gasteiger partial charge is 0.324 e. The SMILES string of the molecule is NC(Cc1ccccc1Br)c1cncc(Br)c1. The van der Waals surface area contributed by atoms with Crippen molar-refractivity contribution in [1.29, 1.82) is 0 Å². The minimum atomic E-state index is -0.0429. The van der Waals surface area contributed by atoms with E-state index in [0.29, 0.717) is 0 Å². The van der Waals surface area contributed by atoms with Crippen molar-refractivity contribution in [3.8, 4) is 0 Å². The summed E-state index contributed by atoms with van der Waals surface area (Å²) in [7, 11) is 0. The minimum absolute atomic E-state index is 0.0429. The molecule has 0 aliphatic heterocycles. The first-order chi connectivity index (χ1) is 8.16. The maximum atomic E-state index is 6.18. The van der Waals surface area contributed by atoms with E-state index in [1.165, 1.54) is 5.56 Å². The molecule has 2 N–H and O–H groups in total. The lowest BCUT2D eigenvalue weighted by molar-refractivity contribution is 0.715. The molecule has 0 amide bonds. The van der Waals surface area contributed by atoms with Crippen LogP contribution in [0.2, 0.25) is 0 Å². The standard InChI is InChI=1S/C13H12Br2N2/c14-11-5-10(7-17-8-11)13(16)6-9-3-1-2-4-12(9)15/h1-5,7-8,13H,6,16H2. The van der Waals surface area contributed by atoms with E-state index >= 15 is 0 Å². The third-order valence-corrected chi connectivity index (χ3v) is 3.76. The fourth-order valence-electron chi connectivity index (χ4n) is 1.65. The molecule has 0 saturated heterocycles. The molecule has 2 nitrogen and oxygen atoms in total. The first-order valence-corrected chi connectivity index (χ1v) is 6.85. The third kappa shape index (κ3) is 3.37. The number of rotatable bonds is 3. The first-order valence-electron chi connectivity index (χ1n) is 5.26. The van der Waals surface area contributed by atoms with Crippen molar-refractivity contribution in [3.63, 3.8) is 0 Å². The van der Waals surface area contributed by atoms with Crippen molar-refractivity contribution in [2.24, 2.45) is 5.73 Å². The van der Waals surface area contributed by atoms with Gasteiger partial charge in [0.15, 0.2) is 0 Å². The predicted octanol–water partition coefficient (Wildman–Crippen LogP) is 3.85. The molecule has 0 fully saturated rings. The van der Waals surface area contributed by atoms with Crippen molar-refractivity contribution in [2.45, 2.75) is 12.5 Å². The number of hydrogen-bond acceptors (Lipinski definition) is 2. The Hall–Kier alpha value is -0.710. The Morgan fingerprint density at radius 3 is 2.65 bits per heavy atom. The number of benzene rings is 1. The highest BCUT2D eigenvalue weighted by Gasteiger charge is 2.09. The second-order valence-electron chi connectivity index (χ2n) is 3.84. The van der Waals surface area contributed by atoms with Crippen LogP contribution in [0.4, 0.5) is 0 Å². The molecule has 1 aromatic heterocycles. The van der Waals surface area contributed by atoms with Gasteiger partial charge in [0.2, 0.25) is 0 Å². The lowest BCUT2D eigenvalue weighted by Gasteiger charge is -2.13. The zero-order valence-corrected chi connectivity index (χ0v) is 12.3. The van der Waals surface area contributed by atoms with Gasteiger partial charge in [-0.2, -0.15) is 0 Å². The molecule has 1 atom stereocenters. The van der Waals surface area contributed by atoms with Crippen LogP contribution in [0.3, 0.4) is 0 Å². The molecular weight excluding hydrogens is 344 g/mol. The second kappa shape index (κ2) is 5.76. The Labute approximate surface area is 118 Å². The summed E-state index contributed by atoms with van der Waals surface area (Å²) in [5.74, 6) is 0. The molecular formula is C13H12Br2N2. The number of pyridine rings is 1. The maximum absolute atomic E-state index is 6.18. The second-order valence-corrected chi connectivity index (χ2v) is 5.61. The Bertz CT molecular complexity index is 514. The van der Waals surface area contributed by atoms with Crippen LogP contribution in [0.15, 0.2) is 51.7 Å². The molecule has 1 unspecified atom stereocenters. The van der Waals surface area contributed by atoms with Crippen molar-refractivity contribution in [3.05, 3.63) is 62.8 Å². The molecule has 4 heteroatoms.